The van der Waals surface area contributed by atoms with Gasteiger partial charge in [0.05, 0.1) is 18.8 Å². The third-order valence-corrected chi connectivity index (χ3v) is 6.28. The Hall–Kier alpha value is -0.490. The minimum Gasteiger partial charge on any atom is -0.359 e. The molecule has 0 aromatic heterocycles. The molecule has 0 spiro atoms. The SMILES string of the molecule is COCO[C@@H]1CCC(=O)[C@]2(C)CC[C@H]3OC(C)(C)OC[C@@]3(C)[C@@H]12. The Morgan fingerprint density at radius 1 is 1.22 bits per heavy atom. The Balaban J connectivity index is 1.94. The third kappa shape index (κ3) is 2.76. The Morgan fingerprint density at radius 3 is 2.65 bits per heavy atom. The molecule has 0 bridgehead atoms. The highest BCUT2D eigenvalue weighted by atomic mass is 16.7. The highest BCUT2D eigenvalue weighted by molar-refractivity contribution is 5.86. The molecule has 0 radical (unpaired) electrons. The zero-order chi connectivity index (χ0) is 16.9. The summed E-state index contributed by atoms with van der Waals surface area (Å²) in [6, 6.07) is 0. The summed E-state index contributed by atoms with van der Waals surface area (Å²) in [7, 11) is 1.63. The van der Waals surface area contributed by atoms with Gasteiger partial charge in [0.25, 0.3) is 0 Å². The van der Waals surface area contributed by atoms with Crippen LogP contribution in [-0.4, -0.2) is 44.3 Å². The summed E-state index contributed by atoms with van der Waals surface area (Å²) in [4.78, 5) is 12.7. The fourth-order valence-corrected chi connectivity index (χ4v) is 5.13. The molecular weight excluding hydrogens is 296 g/mol. The fraction of sp³-hybridized carbons (Fsp3) is 0.944. The predicted molar refractivity (Wildman–Crippen MR) is 84.8 cm³/mol. The molecule has 0 unspecified atom stereocenters. The quantitative estimate of drug-likeness (QED) is 0.747. The van der Waals surface area contributed by atoms with Crippen molar-refractivity contribution in [3.8, 4) is 0 Å². The Kier molecular flexibility index (Phi) is 4.37. The summed E-state index contributed by atoms with van der Waals surface area (Å²) in [5, 5.41) is 0. The lowest BCUT2D eigenvalue weighted by Crippen LogP contribution is -2.66. The Bertz CT molecular complexity index is 476. The van der Waals surface area contributed by atoms with E-state index in [1.807, 2.05) is 13.8 Å². The highest BCUT2D eigenvalue weighted by Crippen LogP contribution is 2.59. The molecule has 3 fully saturated rings. The van der Waals surface area contributed by atoms with Gasteiger partial charge in [-0.25, -0.2) is 0 Å². The minimum atomic E-state index is -0.556. The maximum atomic E-state index is 12.7. The molecule has 3 aliphatic rings. The second-order valence-corrected chi connectivity index (χ2v) is 8.31. The summed E-state index contributed by atoms with van der Waals surface area (Å²) in [5.41, 5.74) is -0.562. The topological polar surface area (TPSA) is 54.0 Å². The zero-order valence-electron chi connectivity index (χ0n) is 15.0. The molecule has 0 N–H and O–H groups in total. The largest absolute Gasteiger partial charge is 0.359 e. The minimum absolute atomic E-state index is 0.0128. The van der Waals surface area contributed by atoms with Gasteiger partial charge in [0.2, 0.25) is 0 Å². The first-order chi connectivity index (χ1) is 10.7. The molecule has 0 amide bonds. The van der Waals surface area contributed by atoms with Crippen LogP contribution >= 0.6 is 0 Å². The van der Waals surface area contributed by atoms with Crippen LogP contribution in [0.3, 0.4) is 0 Å². The van der Waals surface area contributed by atoms with Gasteiger partial charge < -0.3 is 18.9 Å². The van der Waals surface area contributed by atoms with E-state index in [9.17, 15) is 4.79 Å². The molecule has 2 saturated carbocycles. The first kappa shape index (κ1) is 17.3. The van der Waals surface area contributed by atoms with Crippen molar-refractivity contribution in [1.82, 2.24) is 0 Å². The first-order valence-electron chi connectivity index (χ1n) is 8.68. The van der Waals surface area contributed by atoms with Crippen LogP contribution in [-0.2, 0) is 23.7 Å². The van der Waals surface area contributed by atoms with Crippen molar-refractivity contribution >= 4 is 5.78 Å². The van der Waals surface area contributed by atoms with Gasteiger partial charge in [-0.3, -0.25) is 4.79 Å². The van der Waals surface area contributed by atoms with E-state index in [0.29, 0.717) is 18.8 Å². The van der Waals surface area contributed by atoms with Crippen LogP contribution in [0.2, 0.25) is 0 Å². The molecule has 0 aromatic carbocycles. The maximum Gasteiger partial charge on any atom is 0.163 e. The van der Waals surface area contributed by atoms with Crippen molar-refractivity contribution in [1.29, 1.82) is 0 Å². The van der Waals surface area contributed by atoms with Crippen molar-refractivity contribution < 1.29 is 23.7 Å². The average Bonchev–Trinajstić information content (AvgIpc) is 2.49. The van der Waals surface area contributed by atoms with Crippen molar-refractivity contribution in [3.05, 3.63) is 0 Å². The van der Waals surface area contributed by atoms with Gasteiger partial charge in [-0.1, -0.05) is 13.8 Å². The summed E-state index contributed by atoms with van der Waals surface area (Å²) in [6.45, 7) is 9.11. The third-order valence-electron chi connectivity index (χ3n) is 6.28. The Labute approximate surface area is 139 Å². The number of rotatable bonds is 3. The summed E-state index contributed by atoms with van der Waals surface area (Å²) < 4.78 is 23.4. The number of carbonyl (C=O) groups excluding carboxylic acids is 1. The van der Waals surface area contributed by atoms with Crippen LogP contribution in [0.15, 0.2) is 0 Å². The number of Topliss-reactive ketones (excluding diaryl/α,β-unsaturated/α-hetero) is 1. The van der Waals surface area contributed by atoms with E-state index in [2.05, 4.69) is 13.8 Å². The van der Waals surface area contributed by atoms with Gasteiger partial charge in [-0.15, -0.1) is 0 Å². The number of carbonyl (C=O) groups is 1. The van der Waals surface area contributed by atoms with E-state index in [1.165, 1.54) is 0 Å². The van der Waals surface area contributed by atoms with Gasteiger partial charge in [-0.05, 0) is 33.1 Å². The number of methoxy groups -OCH3 is 1. The smallest absolute Gasteiger partial charge is 0.163 e. The van der Waals surface area contributed by atoms with E-state index in [-0.39, 0.29) is 35.7 Å². The molecule has 3 rings (SSSR count). The second-order valence-electron chi connectivity index (χ2n) is 8.31. The van der Waals surface area contributed by atoms with Gasteiger partial charge in [0.15, 0.2) is 5.79 Å². The highest BCUT2D eigenvalue weighted by Gasteiger charge is 2.63. The van der Waals surface area contributed by atoms with Gasteiger partial charge >= 0.3 is 0 Å². The molecule has 23 heavy (non-hydrogen) atoms. The predicted octanol–water partition coefficient (Wildman–Crippen LogP) is 2.91. The standard InChI is InChI=1S/C18H30O5/c1-16(2)22-10-18(4)14(23-16)8-9-17(3)13(19)7-6-12(15(17)18)21-11-20-5/h12,14-15H,6-11H2,1-5H3/t12-,14-,15+,17+,18-/m1/s1. The molecule has 5 heteroatoms. The van der Waals surface area contributed by atoms with E-state index in [1.54, 1.807) is 7.11 Å². The molecule has 1 saturated heterocycles. The second kappa shape index (κ2) is 5.80. The molecule has 1 aliphatic heterocycles. The lowest BCUT2D eigenvalue weighted by molar-refractivity contribution is -0.348. The van der Waals surface area contributed by atoms with Gasteiger partial charge in [-0.2, -0.15) is 0 Å². The van der Waals surface area contributed by atoms with Crippen LogP contribution in [0.5, 0.6) is 0 Å². The molecule has 2 aliphatic carbocycles. The normalized spacial score (nSPS) is 46.1. The van der Waals surface area contributed by atoms with Crippen LogP contribution in [0.1, 0.15) is 53.4 Å². The molecule has 5 nitrogen and oxygen atoms in total. The van der Waals surface area contributed by atoms with Crippen LogP contribution in [0.25, 0.3) is 0 Å². The van der Waals surface area contributed by atoms with Crippen LogP contribution in [0.4, 0.5) is 0 Å². The molecule has 0 aromatic rings. The lowest BCUT2D eigenvalue weighted by atomic mass is 9.48. The van der Waals surface area contributed by atoms with E-state index >= 15 is 0 Å². The monoisotopic (exact) mass is 326 g/mol. The number of ether oxygens (including phenoxy) is 4. The summed E-state index contributed by atoms with van der Waals surface area (Å²) in [5.74, 6) is -0.0926. The van der Waals surface area contributed by atoms with Crippen molar-refractivity contribution in [2.75, 3.05) is 20.5 Å². The number of hydrogen-bond donors (Lipinski definition) is 0. The molecule has 132 valence electrons. The first-order valence-corrected chi connectivity index (χ1v) is 8.68. The number of fused-ring (bicyclic) bond motifs is 3. The summed E-state index contributed by atoms with van der Waals surface area (Å²) >= 11 is 0. The molecule has 5 atom stereocenters. The average molecular weight is 326 g/mol. The van der Waals surface area contributed by atoms with Crippen LogP contribution in [0, 0.1) is 16.7 Å². The molecular formula is C18H30O5. The Morgan fingerprint density at radius 2 is 1.96 bits per heavy atom. The van der Waals surface area contributed by atoms with Crippen molar-refractivity contribution in [2.45, 2.75) is 71.4 Å². The number of ketones is 1. The van der Waals surface area contributed by atoms with E-state index < -0.39 is 5.79 Å². The van der Waals surface area contributed by atoms with Crippen molar-refractivity contribution in [2.24, 2.45) is 16.7 Å². The molecule has 1 heterocycles. The summed E-state index contributed by atoms with van der Waals surface area (Å²) in [6.07, 6.45) is 3.23. The van der Waals surface area contributed by atoms with Crippen LogP contribution < -0.4 is 0 Å². The van der Waals surface area contributed by atoms with E-state index in [0.717, 1.165) is 19.3 Å². The zero-order valence-corrected chi connectivity index (χ0v) is 15.0. The fourth-order valence-electron chi connectivity index (χ4n) is 5.13. The van der Waals surface area contributed by atoms with Crippen molar-refractivity contribution in [3.63, 3.8) is 0 Å². The lowest BCUT2D eigenvalue weighted by Gasteiger charge is -2.61. The number of hydrogen-bond acceptors (Lipinski definition) is 5. The maximum absolute atomic E-state index is 12.7. The van der Waals surface area contributed by atoms with E-state index in [4.69, 9.17) is 18.9 Å². The van der Waals surface area contributed by atoms with Gasteiger partial charge in [0, 0.05) is 30.3 Å². The van der Waals surface area contributed by atoms with Gasteiger partial charge in [0.1, 0.15) is 12.6 Å².